The summed E-state index contributed by atoms with van der Waals surface area (Å²) in [6.45, 7) is 3.74. The van der Waals surface area contributed by atoms with Crippen LogP contribution in [0.25, 0.3) is 0 Å². The number of aromatic hydroxyl groups is 1. The van der Waals surface area contributed by atoms with E-state index >= 15 is 0 Å². The third kappa shape index (κ3) is 5.16. The lowest BCUT2D eigenvalue weighted by Gasteiger charge is -2.33. The minimum absolute atomic E-state index is 0.0613. The van der Waals surface area contributed by atoms with E-state index in [-0.39, 0.29) is 23.7 Å². The zero-order valence-corrected chi connectivity index (χ0v) is 14.5. The Labute approximate surface area is 148 Å². The monoisotopic (exact) mass is 350 g/mol. The van der Waals surface area contributed by atoms with Gasteiger partial charge >= 0.3 is 0 Å². The lowest BCUT2D eigenvalue weighted by molar-refractivity contribution is -0.134. The number of ether oxygens (including phenoxy) is 1. The van der Waals surface area contributed by atoms with Crippen molar-refractivity contribution in [1.82, 2.24) is 10.2 Å². The lowest BCUT2D eigenvalue weighted by Crippen LogP contribution is -2.40. The average Bonchev–Trinajstić information content (AvgIpc) is 2.62. The number of carbonyl (C=O) groups is 1. The molecular formula is C19H27FN2O3. The van der Waals surface area contributed by atoms with Gasteiger partial charge in [-0.15, -0.1) is 0 Å². The number of hydrogen-bond donors (Lipinski definition) is 2. The maximum absolute atomic E-state index is 13.5. The van der Waals surface area contributed by atoms with Gasteiger partial charge in [0, 0.05) is 25.1 Å². The molecule has 0 saturated carbocycles. The Morgan fingerprint density at radius 3 is 2.84 bits per heavy atom. The van der Waals surface area contributed by atoms with E-state index in [0.29, 0.717) is 19.6 Å². The molecule has 2 aliphatic rings. The molecule has 2 saturated heterocycles. The van der Waals surface area contributed by atoms with Gasteiger partial charge in [0.2, 0.25) is 5.91 Å². The van der Waals surface area contributed by atoms with Crippen LogP contribution in [0.3, 0.4) is 0 Å². The fourth-order valence-electron chi connectivity index (χ4n) is 3.74. The van der Waals surface area contributed by atoms with Gasteiger partial charge in [-0.2, -0.15) is 0 Å². The molecule has 1 atom stereocenters. The highest BCUT2D eigenvalue weighted by Gasteiger charge is 2.25. The predicted molar refractivity (Wildman–Crippen MR) is 93.1 cm³/mol. The molecule has 1 amide bonds. The summed E-state index contributed by atoms with van der Waals surface area (Å²) in [6.07, 6.45) is 4.46. The Balaban J connectivity index is 1.49. The first-order valence-corrected chi connectivity index (χ1v) is 9.21. The summed E-state index contributed by atoms with van der Waals surface area (Å²) in [4.78, 5) is 14.3. The molecule has 2 fully saturated rings. The summed E-state index contributed by atoms with van der Waals surface area (Å²) < 4.78 is 19.3. The number of phenols is 1. The van der Waals surface area contributed by atoms with Crippen molar-refractivity contribution < 1.29 is 19.0 Å². The molecule has 1 aromatic carbocycles. The Morgan fingerprint density at radius 1 is 1.28 bits per heavy atom. The van der Waals surface area contributed by atoms with Gasteiger partial charge in [-0.05, 0) is 56.5 Å². The fourth-order valence-corrected chi connectivity index (χ4v) is 3.74. The van der Waals surface area contributed by atoms with Crippen molar-refractivity contribution in [3.05, 3.63) is 29.6 Å². The summed E-state index contributed by atoms with van der Waals surface area (Å²) in [7, 11) is 0. The van der Waals surface area contributed by atoms with Crippen molar-refractivity contribution in [3.8, 4) is 5.75 Å². The molecule has 0 bridgehead atoms. The predicted octanol–water partition coefficient (Wildman–Crippen LogP) is 2.40. The van der Waals surface area contributed by atoms with Crippen LogP contribution >= 0.6 is 0 Å². The van der Waals surface area contributed by atoms with Crippen LogP contribution < -0.4 is 5.32 Å². The summed E-state index contributed by atoms with van der Waals surface area (Å²) in [5, 5.41) is 12.9. The molecule has 5 nitrogen and oxygen atoms in total. The van der Waals surface area contributed by atoms with Crippen LogP contribution in [0.2, 0.25) is 0 Å². The molecule has 138 valence electrons. The number of nitrogens with one attached hydrogen (secondary N) is 1. The zero-order chi connectivity index (χ0) is 17.6. The molecule has 0 aromatic heterocycles. The Bertz CT molecular complexity index is 570. The van der Waals surface area contributed by atoms with Crippen molar-refractivity contribution in [2.75, 3.05) is 32.8 Å². The molecule has 2 heterocycles. The quantitative estimate of drug-likeness (QED) is 0.856. The second-order valence-electron chi connectivity index (χ2n) is 6.99. The minimum Gasteiger partial charge on any atom is -0.508 e. The van der Waals surface area contributed by atoms with Gasteiger partial charge in [0.25, 0.3) is 0 Å². The standard InChI is InChI=1S/C19H27FN2O3/c20-16-10-15(11-17(23)12-16)14-2-1-8-22(13-14)19(24)5-9-25-18-3-6-21-7-4-18/h10-12,14,18,21,23H,1-9,13H2. The van der Waals surface area contributed by atoms with E-state index in [2.05, 4.69) is 5.32 Å². The molecule has 3 rings (SSSR count). The number of hydrogen-bond acceptors (Lipinski definition) is 4. The van der Waals surface area contributed by atoms with Gasteiger partial charge in [0.05, 0.1) is 19.1 Å². The number of piperidine rings is 2. The van der Waals surface area contributed by atoms with E-state index in [1.165, 1.54) is 6.07 Å². The summed E-state index contributed by atoms with van der Waals surface area (Å²) in [5.41, 5.74) is 0.765. The van der Waals surface area contributed by atoms with E-state index < -0.39 is 5.82 Å². The van der Waals surface area contributed by atoms with Crippen molar-refractivity contribution in [2.24, 2.45) is 0 Å². The first kappa shape index (κ1) is 18.1. The van der Waals surface area contributed by atoms with Gasteiger partial charge in [0.15, 0.2) is 0 Å². The number of rotatable bonds is 5. The van der Waals surface area contributed by atoms with Crippen LogP contribution in [-0.4, -0.2) is 54.8 Å². The molecule has 0 aliphatic carbocycles. The van der Waals surface area contributed by atoms with Gasteiger partial charge in [-0.3, -0.25) is 4.79 Å². The van der Waals surface area contributed by atoms with Crippen LogP contribution in [0.1, 0.15) is 43.6 Å². The molecule has 2 aliphatic heterocycles. The highest BCUT2D eigenvalue weighted by atomic mass is 19.1. The first-order valence-electron chi connectivity index (χ1n) is 9.21. The second kappa shape index (κ2) is 8.63. The second-order valence-corrected chi connectivity index (χ2v) is 6.99. The van der Waals surface area contributed by atoms with Gasteiger partial charge in [-0.1, -0.05) is 0 Å². The van der Waals surface area contributed by atoms with Crippen LogP contribution in [0, 0.1) is 5.82 Å². The maximum Gasteiger partial charge on any atom is 0.224 e. The number of amides is 1. The normalized spacial score (nSPS) is 22.1. The zero-order valence-electron chi connectivity index (χ0n) is 14.5. The van der Waals surface area contributed by atoms with Crippen molar-refractivity contribution in [1.29, 1.82) is 0 Å². The smallest absolute Gasteiger partial charge is 0.224 e. The number of benzene rings is 1. The summed E-state index contributed by atoms with van der Waals surface area (Å²) >= 11 is 0. The van der Waals surface area contributed by atoms with E-state index in [0.717, 1.165) is 56.9 Å². The molecule has 2 N–H and O–H groups in total. The van der Waals surface area contributed by atoms with Gasteiger partial charge < -0.3 is 20.1 Å². The van der Waals surface area contributed by atoms with E-state index in [1.807, 2.05) is 4.90 Å². The van der Waals surface area contributed by atoms with Crippen LogP contribution in [0.5, 0.6) is 5.75 Å². The highest BCUT2D eigenvalue weighted by Crippen LogP contribution is 2.30. The molecular weight excluding hydrogens is 323 g/mol. The molecule has 1 aromatic rings. The Hall–Kier alpha value is -1.66. The lowest BCUT2D eigenvalue weighted by atomic mass is 9.90. The number of nitrogens with zero attached hydrogens (tertiary/aromatic N) is 1. The largest absolute Gasteiger partial charge is 0.508 e. The number of carbonyl (C=O) groups excluding carboxylic acids is 1. The summed E-state index contributed by atoms with van der Waals surface area (Å²) in [5.74, 6) is -0.327. The van der Waals surface area contributed by atoms with Crippen LogP contribution in [0.4, 0.5) is 4.39 Å². The first-order chi connectivity index (χ1) is 12.1. The topological polar surface area (TPSA) is 61.8 Å². The van der Waals surface area contributed by atoms with Crippen molar-refractivity contribution >= 4 is 5.91 Å². The van der Waals surface area contributed by atoms with E-state index in [9.17, 15) is 14.3 Å². The highest BCUT2D eigenvalue weighted by molar-refractivity contribution is 5.76. The Morgan fingerprint density at radius 2 is 2.08 bits per heavy atom. The fraction of sp³-hybridized carbons (Fsp3) is 0.632. The Kier molecular flexibility index (Phi) is 6.26. The van der Waals surface area contributed by atoms with Gasteiger partial charge in [-0.25, -0.2) is 4.39 Å². The summed E-state index contributed by atoms with van der Waals surface area (Å²) in [6, 6.07) is 4.16. The van der Waals surface area contributed by atoms with E-state index in [4.69, 9.17) is 4.74 Å². The van der Waals surface area contributed by atoms with Crippen molar-refractivity contribution in [2.45, 2.75) is 44.1 Å². The number of likely N-dealkylation sites (tertiary alicyclic amines) is 1. The third-order valence-corrected chi connectivity index (χ3v) is 5.11. The average molecular weight is 350 g/mol. The van der Waals surface area contributed by atoms with Gasteiger partial charge in [0.1, 0.15) is 11.6 Å². The SMILES string of the molecule is O=C(CCOC1CCNCC1)N1CCCC(c2cc(O)cc(F)c2)C1. The van der Waals surface area contributed by atoms with E-state index in [1.54, 1.807) is 6.07 Å². The van der Waals surface area contributed by atoms with Crippen LogP contribution in [0.15, 0.2) is 18.2 Å². The minimum atomic E-state index is -0.436. The molecule has 6 heteroatoms. The molecule has 0 radical (unpaired) electrons. The number of phenolic OH excluding ortho intramolecular Hbond substituents is 1. The maximum atomic E-state index is 13.5. The van der Waals surface area contributed by atoms with Crippen molar-refractivity contribution in [3.63, 3.8) is 0 Å². The third-order valence-electron chi connectivity index (χ3n) is 5.11. The molecule has 1 unspecified atom stereocenters. The molecule has 25 heavy (non-hydrogen) atoms. The molecule has 0 spiro atoms. The van der Waals surface area contributed by atoms with Crippen LogP contribution in [-0.2, 0) is 9.53 Å². The number of halogens is 1.